The first-order chi connectivity index (χ1) is 9.54. The van der Waals surface area contributed by atoms with Gasteiger partial charge in [0.25, 0.3) is 0 Å². The van der Waals surface area contributed by atoms with E-state index in [9.17, 15) is 0 Å². The van der Waals surface area contributed by atoms with Crippen molar-refractivity contribution in [2.24, 2.45) is 7.05 Å². The number of rotatable bonds is 6. The molecule has 0 fully saturated rings. The molecule has 20 heavy (non-hydrogen) atoms. The second-order valence-corrected chi connectivity index (χ2v) is 5.97. The molecule has 0 spiro atoms. The van der Waals surface area contributed by atoms with Crippen LogP contribution in [0, 0.1) is 6.92 Å². The van der Waals surface area contributed by atoms with E-state index in [4.69, 9.17) is 16.0 Å². The second kappa shape index (κ2) is 6.78. The maximum atomic E-state index is 6.12. The Morgan fingerprint density at radius 3 is 2.80 bits per heavy atom. The van der Waals surface area contributed by atoms with Crippen molar-refractivity contribution in [1.29, 1.82) is 0 Å². The molecule has 1 atom stereocenters. The number of halogens is 2. The van der Waals surface area contributed by atoms with Crippen LogP contribution in [-0.2, 0) is 13.5 Å². The molecule has 0 aliphatic rings. The third kappa shape index (κ3) is 3.27. The third-order valence-corrected chi connectivity index (χ3v) is 4.66. The van der Waals surface area contributed by atoms with E-state index in [0.717, 1.165) is 40.8 Å². The molecule has 0 radical (unpaired) electrons. The van der Waals surface area contributed by atoms with Crippen LogP contribution in [0.15, 0.2) is 21.2 Å². The van der Waals surface area contributed by atoms with Crippen molar-refractivity contribution in [3.05, 3.63) is 39.0 Å². The van der Waals surface area contributed by atoms with Gasteiger partial charge in [0.1, 0.15) is 0 Å². The molecule has 110 valence electrons. The lowest BCUT2D eigenvalue weighted by Crippen LogP contribution is -2.25. The van der Waals surface area contributed by atoms with Gasteiger partial charge < -0.3 is 9.73 Å². The second-order valence-electron chi connectivity index (χ2n) is 4.83. The molecule has 2 aromatic rings. The van der Waals surface area contributed by atoms with Gasteiger partial charge >= 0.3 is 0 Å². The Bertz CT molecular complexity index is 579. The summed E-state index contributed by atoms with van der Waals surface area (Å²) in [6.07, 6.45) is 3.50. The average molecular weight is 361 g/mol. The van der Waals surface area contributed by atoms with Crippen LogP contribution in [-0.4, -0.2) is 16.3 Å². The van der Waals surface area contributed by atoms with Crippen LogP contribution in [0.2, 0.25) is 5.22 Å². The number of aryl methyl sites for hydroxylation is 2. The zero-order chi connectivity index (χ0) is 14.7. The van der Waals surface area contributed by atoms with E-state index < -0.39 is 0 Å². The number of aromatic nitrogens is 2. The topological polar surface area (TPSA) is 43.0 Å². The summed E-state index contributed by atoms with van der Waals surface area (Å²) in [4.78, 5) is 0. The van der Waals surface area contributed by atoms with Gasteiger partial charge in [0.2, 0.25) is 0 Å². The Kier molecular flexibility index (Phi) is 5.29. The van der Waals surface area contributed by atoms with E-state index in [-0.39, 0.29) is 6.04 Å². The monoisotopic (exact) mass is 359 g/mol. The highest BCUT2D eigenvalue weighted by molar-refractivity contribution is 9.10. The molecule has 0 saturated heterocycles. The van der Waals surface area contributed by atoms with Crippen molar-refractivity contribution < 1.29 is 4.42 Å². The van der Waals surface area contributed by atoms with E-state index in [2.05, 4.69) is 33.3 Å². The van der Waals surface area contributed by atoms with Gasteiger partial charge in [-0.2, -0.15) is 5.10 Å². The summed E-state index contributed by atoms with van der Waals surface area (Å²) in [5.41, 5.74) is 3.13. The fraction of sp³-hybridized carbons (Fsp3) is 0.500. The normalized spacial score (nSPS) is 12.8. The van der Waals surface area contributed by atoms with Crippen molar-refractivity contribution in [3.63, 3.8) is 0 Å². The fourth-order valence-electron chi connectivity index (χ4n) is 2.26. The lowest BCUT2D eigenvalue weighted by molar-refractivity contribution is 0.500. The highest BCUT2D eigenvalue weighted by Crippen LogP contribution is 2.30. The van der Waals surface area contributed by atoms with Gasteiger partial charge in [-0.05, 0) is 53.5 Å². The van der Waals surface area contributed by atoms with Crippen LogP contribution in [0.1, 0.15) is 36.3 Å². The zero-order valence-electron chi connectivity index (χ0n) is 11.9. The summed E-state index contributed by atoms with van der Waals surface area (Å²) in [6.45, 7) is 5.07. The summed E-state index contributed by atoms with van der Waals surface area (Å²) in [5.74, 6) is 0. The minimum Gasteiger partial charge on any atom is -0.453 e. The van der Waals surface area contributed by atoms with Gasteiger partial charge in [-0.1, -0.05) is 6.92 Å². The molecule has 0 aliphatic carbocycles. The maximum Gasteiger partial charge on any atom is 0.197 e. The molecule has 1 unspecified atom stereocenters. The average Bonchev–Trinajstić information content (AvgIpc) is 2.93. The molecular weight excluding hydrogens is 342 g/mol. The van der Waals surface area contributed by atoms with E-state index in [0.29, 0.717) is 5.22 Å². The molecule has 0 bridgehead atoms. The van der Waals surface area contributed by atoms with Crippen molar-refractivity contribution in [2.75, 3.05) is 6.54 Å². The van der Waals surface area contributed by atoms with Crippen molar-refractivity contribution >= 4 is 27.5 Å². The minimum atomic E-state index is 0.118. The van der Waals surface area contributed by atoms with Crippen molar-refractivity contribution in [2.45, 2.75) is 32.7 Å². The lowest BCUT2D eigenvalue weighted by Gasteiger charge is -2.18. The van der Waals surface area contributed by atoms with E-state index in [1.807, 2.05) is 24.7 Å². The van der Waals surface area contributed by atoms with Crippen LogP contribution in [0.25, 0.3) is 0 Å². The quantitative estimate of drug-likeness (QED) is 0.846. The number of nitrogens with one attached hydrogen (secondary N) is 1. The fourth-order valence-corrected chi connectivity index (χ4v) is 3.00. The predicted octanol–water partition coefficient (Wildman–Crippen LogP) is 4.02. The van der Waals surface area contributed by atoms with Gasteiger partial charge in [-0.3, -0.25) is 4.68 Å². The first-order valence-corrected chi connectivity index (χ1v) is 7.86. The lowest BCUT2D eigenvalue weighted by atomic mass is 10.0. The molecule has 4 nitrogen and oxygen atoms in total. The number of hydrogen-bond acceptors (Lipinski definition) is 3. The molecular formula is C14H19BrClN3O. The third-order valence-electron chi connectivity index (χ3n) is 3.32. The van der Waals surface area contributed by atoms with E-state index in [1.165, 1.54) is 0 Å². The van der Waals surface area contributed by atoms with Gasteiger partial charge in [-0.25, -0.2) is 0 Å². The molecule has 2 heterocycles. The first kappa shape index (κ1) is 15.6. The SMILES string of the molecule is CCCNC(Cc1c(Br)c(C)nn1C)c1ccoc1Cl. The summed E-state index contributed by atoms with van der Waals surface area (Å²) in [7, 11) is 1.96. The smallest absolute Gasteiger partial charge is 0.197 e. The highest BCUT2D eigenvalue weighted by atomic mass is 79.9. The number of furan rings is 1. The predicted molar refractivity (Wildman–Crippen MR) is 84.1 cm³/mol. The molecule has 0 aliphatic heterocycles. The van der Waals surface area contributed by atoms with Crippen molar-refractivity contribution in [1.82, 2.24) is 15.1 Å². The maximum absolute atomic E-state index is 6.12. The first-order valence-electron chi connectivity index (χ1n) is 6.68. The summed E-state index contributed by atoms with van der Waals surface area (Å²) in [5, 5.41) is 8.40. The molecule has 6 heteroatoms. The molecule has 2 rings (SSSR count). The van der Waals surface area contributed by atoms with Crippen LogP contribution in [0.3, 0.4) is 0 Å². The molecule has 0 saturated carbocycles. The van der Waals surface area contributed by atoms with Gasteiger partial charge in [0.15, 0.2) is 5.22 Å². The van der Waals surface area contributed by atoms with Gasteiger partial charge in [0, 0.05) is 25.1 Å². The largest absolute Gasteiger partial charge is 0.453 e. The molecule has 1 N–H and O–H groups in total. The van der Waals surface area contributed by atoms with Crippen LogP contribution in [0.4, 0.5) is 0 Å². The van der Waals surface area contributed by atoms with Crippen LogP contribution >= 0.6 is 27.5 Å². The number of hydrogen-bond donors (Lipinski definition) is 1. The van der Waals surface area contributed by atoms with Gasteiger partial charge in [-0.15, -0.1) is 0 Å². The zero-order valence-corrected chi connectivity index (χ0v) is 14.3. The molecule has 0 amide bonds. The van der Waals surface area contributed by atoms with E-state index >= 15 is 0 Å². The Balaban J connectivity index is 2.26. The Morgan fingerprint density at radius 1 is 1.55 bits per heavy atom. The highest BCUT2D eigenvalue weighted by Gasteiger charge is 2.21. The summed E-state index contributed by atoms with van der Waals surface area (Å²) < 4.78 is 8.19. The summed E-state index contributed by atoms with van der Waals surface area (Å²) >= 11 is 9.74. The Hall–Kier alpha value is -0.780. The summed E-state index contributed by atoms with van der Waals surface area (Å²) in [6, 6.07) is 2.04. The Morgan fingerprint density at radius 2 is 2.30 bits per heavy atom. The van der Waals surface area contributed by atoms with E-state index in [1.54, 1.807) is 6.26 Å². The van der Waals surface area contributed by atoms with Crippen LogP contribution < -0.4 is 5.32 Å². The number of nitrogens with zero attached hydrogens (tertiary/aromatic N) is 2. The standard InChI is InChI=1S/C14H19BrClN3O/c1-4-6-17-11(10-5-7-20-14(10)16)8-12-13(15)9(2)18-19(12)3/h5,7,11,17H,4,6,8H2,1-3H3. The Labute approximate surface area is 132 Å². The molecule has 2 aromatic heterocycles. The van der Waals surface area contributed by atoms with Crippen molar-refractivity contribution in [3.8, 4) is 0 Å². The van der Waals surface area contributed by atoms with Gasteiger partial charge in [0.05, 0.1) is 22.1 Å². The molecule has 0 aromatic carbocycles. The van der Waals surface area contributed by atoms with Crippen LogP contribution in [0.5, 0.6) is 0 Å². The minimum absolute atomic E-state index is 0.118.